The smallest absolute Gasteiger partial charge is 0.0254 e. The van der Waals surface area contributed by atoms with E-state index in [0.29, 0.717) is 6.04 Å². The van der Waals surface area contributed by atoms with Gasteiger partial charge in [0.25, 0.3) is 0 Å². The number of likely N-dealkylation sites (N-methyl/N-ethyl adjacent to an activating group) is 1. The molecule has 1 aliphatic heterocycles. The molecular formula is C12H27N3. The zero-order valence-corrected chi connectivity index (χ0v) is 11.0. The fourth-order valence-corrected chi connectivity index (χ4v) is 2.55. The quantitative estimate of drug-likeness (QED) is 0.731. The van der Waals surface area contributed by atoms with Gasteiger partial charge in [0, 0.05) is 25.2 Å². The van der Waals surface area contributed by atoms with Gasteiger partial charge in [-0.2, -0.15) is 0 Å². The first-order chi connectivity index (χ1) is 7.06. The van der Waals surface area contributed by atoms with E-state index in [4.69, 9.17) is 0 Å². The summed E-state index contributed by atoms with van der Waals surface area (Å²) in [6.45, 7) is 8.34. The van der Waals surface area contributed by atoms with E-state index in [0.717, 1.165) is 18.5 Å². The van der Waals surface area contributed by atoms with Crippen LogP contribution in [0.5, 0.6) is 0 Å². The zero-order valence-electron chi connectivity index (χ0n) is 11.0. The highest BCUT2D eigenvalue weighted by Crippen LogP contribution is 2.22. The first-order valence-electron chi connectivity index (χ1n) is 6.11. The van der Waals surface area contributed by atoms with E-state index in [9.17, 15) is 0 Å². The van der Waals surface area contributed by atoms with E-state index >= 15 is 0 Å². The number of likely N-dealkylation sites (tertiary alicyclic amines) is 1. The van der Waals surface area contributed by atoms with Crippen molar-refractivity contribution >= 4 is 0 Å². The summed E-state index contributed by atoms with van der Waals surface area (Å²) in [6.07, 6.45) is 1.25. The maximum Gasteiger partial charge on any atom is 0.0254 e. The maximum atomic E-state index is 3.23. The average molecular weight is 213 g/mol. The third-order valence-electron chi connectivity index (χ3n) is 3.70. The van der Waals surface area contributed by atoms with Crippen molar-refractivity contribution in [1.29, 1.82) is 0 Å². The van der Waals surface area contributed by atoms with Gasteiger partial charge in [0.2, 0.25) is 0 Å². The minimum absolute atomic E-state index is 0.713. The highest BCUT2D eigenvalue weighted by Gasteiger charge is 2.32. The van der Waals surface area contributed by atoms with E-state index in [2.05, 4.69) is 43.1 Å². The predicted octanol–water partition coefficient (Wildman–Crippen LogP) is 0.866. The lowest BCUT2D eigenvalue weighted by Gasteiger charge is -2.25. The second kappa shape index (κ2) is 5.83. The summed E-state index contributed by atoms with van der Waals surface area (Å²) >= 11 is 0. The summed E-state index contributed by atoms with van der Waals surface area (Å²) in [4.78, 5) is 5.00. The largest absolute Gasteiger partial charge is 0.320 e. The summed E-state index contributed by atoms with van der Waals surface area (Å²) in [5, 5.41) is 3.23. The SMILES string of the molecule is CNCCC(C)N1CC(C)C(N(C)C)C1. The fourth-order valence-electron chi connectivity index (χ4n) is 2.55. The molecule has 0 aliphatic carbocycles. The van der Waals surface area contributed by atoms with Crippen LogP contribution in [0.4, 0.5) is 0 Å². The Hall–Kier alpha value is -0.120. The molecule has 1 fully saturated rings. The zero-order chi connectivity index (χ0) is 11.4. The number of rotatable bonds is 5. The molecule has 3 heteroatoms. The van der Waals surface area contributed by atoms with Gasteiger partial charge in [-0.25, -0.2) is 0 Å². The minimum Gasteiger partial charge on any atom is -0.320 e. The van der Waals surface area contributed by atoms with Crippen LogP contribution >= 0.6 is 0 Å². The Bertz CT molecular complexity index is 182. The summed E-state index contributed by atoms with van der Waals surface area (Å²) in [6, 6.07) is 1.45. The van der Waals surface area contributed by atoms with Crippen molar-refractivity contribution in [2.75, 3.05) is 40.8 Å². The minimum atomic E-state index is 0.713. The van der Waals surface area contributed by atoms with Crippen LogP contribution in [0.25, 0.3) is 0 Å². The van der Waals surface area contributed by atoms with Gasteiger partial charge in [0.1, 0.15) is 0 Å². The third kappa shape index (κ3) is 3.44. The molecule has 0 saturated carbocycles. The third-order valence-corrected chi connectivity index (χ3v) is 3.70. The molecule has 0 aromatic rings. The van der Waals surface area contributed by atoms with Gasteiger partial charge < -0.3 is 10.2 Å². The van der Waals surface area contributed by atoms with Crippen LogP contribution in [0.2, 0.25) is 0 Å². The molecule has 0 spiro atoms. The fraction of sp³-hybridized carbons (Fsp3) is 1.00. The molecule has 90 valence electrons. The second-order valence-electron chi connectivity index (χ2n) is 5.20. The van der Waals surface area contributed by atoms with Crippen LogP contribution in [0.1, 0.15) is 20.3 Å². The van der Waals surface area contributed by atoms with Crippen molar-refractivity contribution in [3.63, 3.8) is 0 Å². The van der Waals surface area contributed by atoms with Crippen molar-refractivity contribution in [3.8, 4) is 0 Å². The van der Waals surface area contributed by atoms with Crippen LogP contribution in [0, 0.1) is 5.92 Å². The molecule has 0 amide bonds. The van der Waals surface area contributed by atoms with Crippen molar-refractivity contribution < 1.29 is 0 Å². The average Bonchev–Trinajstić information content (AvgIpc) is 2.56. The van der Waals surface area contributed by atoms with Crippen molar-refractivity contribution in [2.24, 2.45) is 5.92 Å². The Labute approximate surface area is 94.8 Å². The van der Waals surface area contributed by atoms with Crippen molar-refractivity contribution in [2.45, 2.75) is 32.4 Å². The molecule has 0 radical (unpaired) electrons. The first-order valence-corrected chi connectivity index (χ1v) is 6.11. The van der Waals surface area contributed by atoms with Crippen LogP contribution in [-0.2, 0) is 0 Å². The molecule has 3 nitrogen and oxygen atoms in total. The molecule has 1 N–H and O–H groups in total. The van der Waals surface area contributed by atoms with E-state index in [1.807, 2.05) is 7.05 Å². The number of hydrogen-bond acceptors (Lipinski definition) is 3. The molecule has 1 aliphatic rings. The molecule has 15 heavy (non-hydrogen) atoms. The van der Waals surface area contributed by atoms with Gasteiger partial charge >= 0.3 is 0 Å². The van der Waals surface area contributed by atoms with E-state index in [1.165, 1.54) is 19.5 Å². The standard InChI is InChI=1S/C12H27N3/c1-10-8-15(9-12(10)14(4)5)11(2)6-7-13-3/h10-13H,6-9H2,1-5H3. The Morgan fingerprint density at radius 3 is 2.53 bits per heavy atom. The monoisotopic (exact) mass is 213 g/mol. The number of nitrogens with one attached hydrogen (secondary N) is 1. The molecule has 1 heterocycles. The second-order valence-corrected chi connectivity index (χ2v) is 5.20. The molecule has 3 unspecified atom stereocenters. The number of nitrogens with zero attached hydrogens (tertiary/aromatic N) is 2. The Kier molecular flexibility index (Phi) is 5.03. The summed E-state index contributed by atoms with van der Waals surface area (Å²) in [5.74, 6) is 0.803. The lowest BCUT2D eigenvalue weighted by Crippen LogP contribution is -2.37. The van der Waals surface area contributed by atoms with Crippen LogP contribution in [0.15, 0.2) is 0 Å². The molecule has 0 bridgehead atoms. The van der Waals surface area contributed by atoms with Gasteiger partial charge in [0.15, 0.2) is 0 Å². The van der Waals surface area contributed by atoms with E-state index < -0.39 is 0 Å². The van der Waals surface area contributed by atoms with E-state index in [1.54, 1.807) is 0 Å². The Balaban J connectivity index is 2.39. The summed E-state index contributed by atoms with van der Waals surface area (Å²) in [7, 11) is 6.42. The highest BCUT2D eigenvalue weighted by atomic mass is 15.3. The molecule has 1 rings (SSSR count). The number of hydrogen-bond donors (Lipinski definition) is 1. The predicted molar refractivity (Wildman–Crippen MR) is 66.2 cm³/mol. The molecule has 0 aromatic heterocycles. The topological polar surface area (TPSA) is 18.5 Å². The Morgan fingerprint density at radius 1 is 1.40 bits per heavy atom. The first kappa shape index (κ1) is 12.9. The van der Waals surface area contributed by atoms with Gasteiger partial charge in [-0.15, -0.1) is 0 Å². The normalized spacial score (nSPS) is 30.0. The van der Waals surface area contributed by atoms with Gasteiger partial charge in [-0.3, -0.25) is 4.90 Å². The van der Waals surface area contributed by atoms with Gasteiger partial charge in [-0.05, 0) is 47.0 Å². The van der Waals surface area contributed by atoms with Crippen molar-refractivity contribution in [1.82, 2.24) is 15.1 Å². The molecule has 0 aromatic carbocycles. The summed E-state index contributed by atoms with van der Waals surface area (Å²) < 4.78 is 0. The van der Waals surface area contributed by atoms with Gasteiger partial charge in [-0.1, -0.05) is 6.92 Å². The lowest BCUT2D eigenvalue weighted by molar-refractivity contribution is 0.217. The van der Waals surface area contributed by atoms with Crippen LogP contribution < -0.4 is 5.32 Å². The molecular weight excluding hydrogens is 186 g/mol. The molecule has 3 atom stereocenters. The van der Waals surface area contributed by atoms with E-state index in [-0.39, 0.29) is 0 Å². The van der Waals surface area contributed by atoms with Crippen LogP contribution in [-0.4, -0.2) is 62.7 Å². The van der Waals surface area contributed by atoms with Crippen LogP contribution in [0.3, 0.4) is 0 Å². The molecule has 1 saturated heterocycles. The van der Waals surface area contributed by atoms with Gasteiger partial charge in [0.05, 0.1) is 0 Å². The lowest BCUT2D eigenvalue weighted by atomic mass is 10.1. The summed E-state index contributed by atoms with van der Waals surface area (Å²) in [5.41, 5.74) is 0. The van der Waals surface area contributed by atoms with Crippen molar-refractivity contribution in [3.05, 3.63) is 0 Å². The Morgan fingerprint density at radius 2 is 2.07 bits per heavy atom. The maximum absolute atomic E-state index is 3.23. The highest BCUT2D eigenvalue weighted by molar-refractivity contribution is 4.88.